The van der Waals surface area contributed by atoms with Crippen molar-refractivity contribution in [1.29, 1.82) is 0 Å². The Morgan fingerprint density at radius 3 is 0.691 bits per heavy atom. The van der Waals surface area contributed by atoms with Crippen LogP contribution in [0.1, 0.15) is 207 Å². The molecule has 0 radical (unpaired) electrons. The van der Waals surface area contributed by atoms with Crippen LogP contribution in [-0.2, 0) is 52.1 Å². The first kappa shape index (κ1) is 102. The van der Waals surface area contributed by atoms with Crippen molar-refractivity contribution in [3.8, 4) is 0 Å². The number of unbranched alkanes of at least 4 members (excludes halogenated alkanes) is 3. The van der Waals surface area contributed by atoms with E-state index in [0.717, 1.165) is 130 Å². The second kappa shape index (κ2) is 118. The van der Waals surface area contributed by atoms with Gasteiger partial charge in [0.1, 0.15) is 0 Å². The number of hydrogen-bond acceptors (Lipinski definition) is 19. The van der Waals surface area contributed by atoms with Gasteiger partial charge >= 0.3 is 0 Å². The molecule has 3 atom stereocenters. The van der Waals surface area contributed by atoms with Gasteiger partial charge in [-0.1, -0.05) is 109 Å². The molecule has 0 aromatic rings. The topological polar surface area (TPSA) is 263 Å². The summed E-state index contributed by atoms with van der Waals surface area (Å²) in [6.07, 6.45) is 15.6. The van der Waals surface area contributed by atoms with E-state index in [0.29, 0.717) is 112 Å². The Kier molecular flexibility index (Phi) is 148. The molecule has 19 heteroatoms. The van der Waals surface area contributed by atoms with E-state index in [1.54, 1.807) is 6.92 Å². The Balaban J connectivity index is -0.0000000885. The largest absolute Gasteiger partial charge is 0.396 e. The summed E-state index contributed by atoms with van der Waals surface area (Å²) in [6, 6.07) is 0. The molecule has 0 aliphatic heterocycles. The highest BCUT2D eigenvalue weighted by Crippen LogP contribution is 2.00. The predicted molar refractivity (Wildman–Crippen MR) is 336 cm³/mol. The van der Waals surface area contributed by atoms with Gasteiger partial charge in [-0.05, 0) is 104 Å². The molecule has 3 unspecified atom stereocenters. The summed E-state index contributed by atoms with van der Waals surface area (Å²) >= 11 is 0. The van der Waals surface area contributed by atoms with Crippen LogP contribution in [0.2, 0.25) is 0 Å². The van der Waals surface area contributed by atoms with Crippen LogP contribution in [-0.4, -0.2) is 238 Å². The fourth-order valence-corrected chi connectivity index (χ4v) is 3.81. The van der Waals surface area contributed by atoms with E-state index in [1.165, 1.54) is 12.8 Å². The van der Waals surface area contributed by atoms with Crippen molar-refractivity contribution < 1.29 is 93.0 Å². The zero-order chi connectivity index (χ0) is 63.8. The van der Waals surface area contributed by atoms with Crippen LogP contribution in [0, 0.1) is 5.92 Å². The summed E-state index contributed by atoms with van der Waals surface area (Å²) in [7, 11) is 0. The molecule has 0 rings (SSSR count). The highest BCUT2D eigenvalue weighted by molar-refractivity contribution is 4.50. The van der Waals surface area contributed by atoms with Gasteiger partial charge in [0.05, 0.1) is 117 Å². The Morgan fingerprint density at radius 2 is 0.494 bits per heavy atom. The average Bonchev–Trinajstić information content (AvgIpc) is 3.47. The molecule has 8 N–H and O–H groups in total. The number of aliphatic hydroxyl groups excluding tert-OH is 8. The van der Waals surface area contributed by atoms with Gasteiger partial charge in [-0.15, -0.1) is 0 Å². The quantitative estimate of drug-likeness (QED) is 0.0264. The van der Waals surface area contributed by atoms with Crippen LogP contribution >= 0.6 is 0 Å². The first-order chi connectivity index (χ1) is 39.1. The molecule has 81 heavy (non-hydrogen) atoms. The van der Waals surface area contributed by atoms with Crippen LogP contribution in [0.15, 0.2) is 0 Å². The second-order valence-corrected chi connectivity index (χ2v) is 18.3. The molecule has 0 bridgehead atoms. The molecule has 0 aliphatic carbocycles. The Hall–Kier alpha value is -0.760. The van der Waals surface area contributed by atoms with E-state index in [-0.39, 0.29) is 44.7 Å². The van der Waals surface area contributed by atoms with E-state index in [9.17, 15) is 0 Å². The maximum absolute atomic E-state index is 8.55. The van der Waals surface area contributed by atoms with Crippen molar-refractivity contribution in [1.82, 2.24) is 0 Å². The lowest BCUT2D eigenvalue weighted by Gasteiger charge is -2.14. The van der Waals surface area contributed by atoms with Gasteiger partial charge in [-0.3, -0.25) is 0 Å². The van der Waals surface area contributed by atoms with Crippen molar-refractivity contribution in [2.75, 3.05) is 178 Å². The fourth-order valence-electron chi connectivity index (χ4n) is 3.81. The SMILES string of the molecule is CC(C)CO.CCC(C)O.CCC(C)OC(C)CO.CCCCO.CCCCOCCCO.CCCCOCCOCCOCCC.CCCO.CCCOCCO.CCCOCCOCCO.CCCOCCOCCOCCC. The van der Waals surface area contributed by atoms with Gasteiger partial charge in [0.2, 0.25) is 0 Å². The van der Waals surface area contributed by atoms with E-state index < -0.39 is 0 Å². The molecular formula is C62H144O19. The molecule has 0 saturated heterocycles. The zero-order valence-corrected chi connectivity index (χ0v) is 56.1. The average molecular weight is 1190 g/mol. The Labute approximate surface area is 501 Å². The Bertz CT molecular complexity index is 783. The molecule has 0 heterocycles. The monoisotopic (exact) mass is 1190 g/mol. The van der Waals surface area contributed by atoms with Gasteiger partial charge in [0, 0.05) is 79.3 Å². The molecule has 506 valence electrons. The maximum atomic E-state index is 8.55. The summed E-state index contributed by atoms with van der Waals surface area (Å²) in [5.41, 5.74) is 0. The van der Waals surface area contributed by atoms with Crippen LogP contribution in [0.3, 0.4) is 0 Å². The van der Waals surface area contributed by atoms with Crippen molar-refractivity contribution >= 4 is 0 Å². The minimum absolute atomic E-state index is 0.0139. The highest BCUT2D eigenvalue weighted by Gasteiger charge is 2.03. The standard InChI is InChI=1S/C11H24O3.C10H22O3.C7H16O3.2C7H16O2.C5H12O2.3C4H10O.C3H8O/c1-3-5-7-13-9-11-14-10-8-12-6-4-2;1-3-5-11-7-9-13-10-8-12-6-4-2;1-2-4-9-6-7-10-5-3-8;1-4-6(2)9-7(3)5-8;1-2-3-6-9-7-4-5-8;1-2-4-7-5-3-6;1-4(2)3-5;1-3-4(2)5;1-2-3-4-5;1-2-3-4/h3-11H2,1-2H3;3-10H2,1-2H3;8H,2-7H2,1H3;6-8H,4-5H2,1-3H3;8H,2-7H2,1H3;6H,2-5H2,1H3;2*4-5H,3H2,1-2H3;5H,2-4H2,1H3;4H,2-3H2,1H3. The van der Waals surface area contributed by atoms with Crippen molar-refractivity contribution in [2.45, 2.75) is 225 Å². The van der Waals surface area contributed by atoms with Gasteiger partial charge < -0.3 is 93.0 Å². The molecule has 0 spiro atoms. The van der Waals surface area contributed by atoms with Crippen molar-refractivity contribution in [3.05, 3.63) is 0 Å². The van der Waals surface area contributed by atoms with E-state index in [4.69, 9.17) is 93.0 Å². The summed E-state index contributed by atoms with van der Waals surface area (Å²) in [6.45, 7) is 47.9. The lowest BCUT2D eigenvalue weighted by molar-refractivity contribution is -0.0217. The molecule has 19 nitrogen and oxygen atoms in total. The van der Waals surface area contributed by atoms with Crippen LogP contribution < -0.4 is 0 Å². The molecule has 0 aliphatic rings. The van der Waals surface area contributed by atoms with E-state index in [2.05, 4.69) is 55.4 Å². The van der Waals surface area contributed by atoms with Gasteiger partial charge in [0.25, 0.3) is 0 Å². The smallest absolute Gasteiger partial charge is 0.0781 e. The first-order valence-electron chi connectivity index (χ1n) is 31.5. The first-order valence-corrected chi connectivity index (χ1v) is 31.5. The lowest BCUT2D eigenvalue weighted by Crippen LogP contribution is -2.19. The molecule has 0 saturated carbocycles. The summed E-state index contributed by atoms with van der Waals surface area (Å²) in [5, 5.41) is 65.8. The van der Waals surface area contributed by atoms with Gasteiger partial charge in [-0.25, -0.2) is 0 Å². The van der Waals surface area contributed by atoms with Crippen LogP contribution in [0.4, 0.5) is 0 Å². The molecule has 0 aromatic heterocycles. The number of rotatable bonds is 47. The highest BCUT2D eigenvalue weighted by atomic mass is 16.6. The second-order valence-electron chi connectivity index (χ2n) is 18.3. The third kappa shape index (κ3) is 173. The van der Waals surface area contributed by atoms with Crippen LogP contribution in [0.25, 0.3) is 0 Å². The minimum atomic E-state index is -0.116. The number of aliphatic hydroxyl groups is 8. The minimum Gasteiger partial charge on any atom is -0.396 e. The third-order valence-electron chi connectivity index (χ3n) is 8.79. The molecule has 0 aromatic carbocycles. The molecular weight excluding hydrogens is 1050 g/mol. The van der Waals surface area contributed by atoms with E-state index >= 15 is 0 Å². The maximum Gasteiger partial charge on any atom is 0.0781 e. The zero-order valence-electron chi connectivity index (χ0n) is 56.1. The normalized spacial score (nSPS) is 11.1. The third-order valence-corrected chi connectivity index (χ3v) is 8.79. The van der Waals surface area contributed by atoms with Gasteiger partial charge in [0.15, 0.2) is 0 Å². The molecule has 0 fully saturated rings. The predicted octanol–water partition coefficient (Wildman–Crippen LogP) is 9.88. The van der Waals surface area contributed by atoms with E-state index in [1.807, 2.05) is 48.5 Å². The van der Waals surface area contributed by atoms with Crippen LogP contribution in [0.5, 0.6) is 0 Å². The lowest BCUT2D eigenvalue weighted by atomic mass is 10.2. The number of ether oxygens (including phenoxy) is 11. The van der Waals surface area contributed by atoms with Gasteiger partial charge in [-0.2, -0.15) is 0 Å². The Morgan fingerprint density at radius 1 is 0.247 bits per heavy atom. The van der Waals surface area contributed by atoms with Crippen molar-refractivity contribution in [2.24, 2.45) is 5.92 Å². The number of hydrogen-bond donors (Lipinski definition) is 8. The summed E-state index contributed by atoms with van der Waals surface area (Å²) < 4.78 is 57.1. The summed E-state index contributed by atoms with van der Waals surface area (Å²) in [4.78, 5) is 0. The summed E-state index contributed by atoms with van der Waals surface area (Å²) in [5.74, 6) is 0.440. The van der Waals surface area contributed by atoms with Crippen molar-refractivity contribution in [3.63, 3.8) is 0 Å². The molecule has 0 amide bonds. The fraction of sp³-hybridized carbons (Fsp3) is 1.00.